The highest BCUT2D eigenvalue weighted by atomic mass is 32.1. The number of thiophene rings is 1. The van der Waals surface area contributed by atoms with Gasteiger partial charge in [0.1, 0.15) is 5.65 Å². The fourth-order valence-corrected chi connectivity index (χ4v) is 4.00. The van der Waals surface area contributed by atoms with Crippen LogP contribution in [-0.2, 0) is 6.54 Å². The third-order valence-corrected chi connectivity index (χ3v) is 5.52. The average molecular weight is 340 g/mol. The van der Waals surface area contributed by atoms with Crippen molar-refractivity contribution < 1.29 is 4.79 Å². The number of nitrogens with zero attached hydrogens (tertiary/aromatic N) is 4. The van der Waals surface area contributed by atoms with Gasteiger partial charge in [0.2, 0.25) is 0 Å². The topological polar surface area (TPSA) is 40.9 Å². The molecule has 3 aromatic rings. The van der Waals surface area contributed by atoms with Gasteiger partial charge in [0.25, 0.3) is 5.91 Å². The summed E-state index contributed by atoms with van der Waals surface area (Å²) in [5.74, 6) is 0.169. The molecule has 0 bridgehead atoms. The van der Waals surface area contributed by atoms with Gasteiger partial charge in [-0.1, -0.05) is 6.07 Å². The molecule has 0 saturated carbocycles. The number of pyridine rings is 1. The number of amides is 1. The summed E-state index contributed by atoms with van der Waals surface area (Å²) in [6.07, 6.45) is 4.00. The van der Waals surface area contributed by atoms with Crippen LogP contribution in [0.15, 0.2) is 42.0 Å². The van der Waals surface area contributed by atoms with Crippen molar-refractivity contribution in [1.29, 1.82) is 0 Å². The van der Waals surface area contributed by atoms with E-state index in [2.05, 4.69) is 20.5 Å². The Morgan fingerprint density at radius 1 is 1.25 bits per heavy atom. The highest BCUT2D eigenvalue weighted by Gasteiger charge is 2.23. The molecule has 1 saturated heterocycles. The van der Waals surface area contributed by atoms with E-state index in [9.17, 15) is 4.79 Å². The minimum Gasteiger partial charge on any atom is -0.335 e. The van der Waals surface area contributed by atoms with Crippen LogP contribution in [0.4, 0.5) is 0 Å². The fraction of sp³-hybridized carbons (Fsp3) is 0.333. The van der Waals surface area contributed by atoms with Crippen molar-refractivity contribution in [2.75, 3.05) is 26.2 Å². The van der Waals surface area contributed by atoms with E-state index in [-0.39, 0.29) is 5.91 Å². The largest absolute Gasteiger partial charge is 0.335 e. The number of aromatic nitrogens is 2. The molecule has 0 spiro atoms. The van der Waals surface area contributed by atoms with Gasteiger partial charge >= 0.3 is 0 Å². The first kappa shape index (κ1) is 15.4. The van der Waals surface area contributed by atoms with Crippen molar-refractivity contribution >= 4 is 22.9 Å². The van der Waals surface area contributed by atoms with Crippen molar-refractivity contribution in [2.24, 2.45) is 0 Å². The van der Waals surface area contributed by atoms with E-state index in [0.29, 0.717) is 0 Å². The van der Waals surface area contributed by atoms with Crippen molar-refractivity contribution in [1.82, 2.24) is 19.2 Å². The SMILES string of the molecule is Cc1csc(C(=O)N2CCN(Cc3cnc4ccccn34)CC2)c1. The molecule has 3 aromatic heterocycles. The Hall–Kier alpha value is -2.18. The van der Waals surface area contributed by atoms with Crippen molar-refractivity contribution in [3.63, 3.8) is 0 Å². The minimum atomic E-state index is 0.169. The summed E-state index contributed by atoms with van der Waals surface area (Å²) < 4.78 is 2.13. The van der Waals surface area contributed by atoms with E-state index >= 15 is 0 Å². The quantitative estimate of drug-likeness (QED) is 0.736. The number of carbonyl (C=O) groups is 1. The Kier molecular flexibility index (Phi) is 4.08. The molecule has 0 unspecified atom stereocenters. The number of aryl methyl sites for hydroxylation is 1. The lowest BCUT2D eigenvalue weighted by molar-refractivity contribution is 0.0631. The fourth-order valence-electron chi connectivity index (χ4n) is 3.14. The average Bonchev–Trinajstić information content (AvgIpc) is 3.22. The van der Waals surface area contributed by atoms with E-state index in [1.807, 2.05) is 47.7 Å². The van der Waals surface area contributed by atoms with Gasteiger partial charge in [-0.2, -0.15) is 0 Å². The zero-order chi connectivity index (χ0) is 16.5. The van der Waals surface area contributed by atoms with E-state index in [0.717, 1.165) is 48.8 Å². The number of piperazine rings is 1. The molecule has 0 radical (unpaired) electrons. The first-order valence-electron chi connectivity index (χ1n) is 8.18. The van der Waals surface area contributed by atoms with Gasteiger partial charge in [0, 0.05) is 38.9 Å². The number of hydrogen-bond acceptors (Lipinski definition) is 4. The molecule has 4 heterocycles. The van der Waals surface area contributed by atoms with Gasteiger partial charge < -0.3 is 9.30 Å². The number of carbonyl (C=O) groups excluding carboxylic acids is 1. The molecule has 0 N–H and O–H groups in total. The standard InChI is InChI=1S/C18H20N4OS/c1-14-10-16(24-13-14)18(23)21-8-6-20(7-9-21)12-15-11-19-17-4-2-3-5-22(15)17/h2-5,10-11,13H,6-9,12H2,1H3. The van der Waals surface area contributed by atoms with E-state index in [1.54, 1.807) is 11.3 Å². The zero-order valence-electron chi connectivity index (χ0n) is 13.7. The lowest BCUT2D eigenvalue weighted by atomic mass is 10.2. The maximum atomic E-state index is 12.5. The second kappa shape index (κ2) is 6.37. The van der Waals surface area contributed by atoms with Crippen LogP contribution in [0.25, 0.3) is 5.65 Å². The molecule has 0 aliphatic carbocycles. The molecular weight excluding hydrogens is 320 g/mol. The molecule has 6 heteroatoms. The highest BCUT2D eigenvalue weighted by molar-refractivity contribution is 7.12. The maximum Gasteiger partial charge on any atom is 0.264 e. The Morgan fingerprint density at radius 3 is 2.83 bits per heavy atom. The van der Waals surface area contributed by atoms with Crippen molar-refractivity contribution in [2.45, 2.75) is 13.5 Å². The van der Waals surface area contributed by atoms with E-state index < -0.39 is 0 Å². The van der Waals surface area contributed by atoms with Gasteiger partial charge in [-0.15, -0.1) is 11.3 Å². The van der Waals surface area contributed by atoms with Crippen LogP contribution in [0.2, 0.25) is 0 Å². The molecule has 0 aromatic carbocycles. The molecule has 1 fully saturated rings. The van der Waals surface area contributed by atoms with Crippen LogP contribution in [-0.4, -0.2) is 51.3 Å². The maximum absolute atomic E-state index is 12.5. The summed E-state index contributed by atoms with van der Waals surface area (Å²) >= 11 is 1.54. The molecule has 0 atom stereocenters. The Balaban J connectivity index is 1.38. The minimum absolute atomic E-state index is 0.169. The summed E-state index contributed by atoms with van der Waals surface area (Å²) in [5, 5.41) is 2.04. The highest BCUT2D eigenvalue weighted by Crippen LogP contribution is 2.18. The van der Waals surface area contributed by atoms with Gasteiger partial charge in [0.05, 0.1) is 16.8 Å². The number of fused-ring (bicyclic) bond motifs is 1. The first-order chi connectivity index (χ1) is 11.7. The van der Waals surface area contributed by atoms with E-state index in [4.69, 9.17) is 0 Å². The Bertz CT molecular complexity index is 861. The Morgan fingerprint density at radius 2 is 2.08 bits per heavy atom. The molecule has 124 valence electrons. The molecule has 1 aliphatic heterocycles. The summed E-state index contributed by atoms with van der Waals surface area (Å²) in [7, 11) is 0. The number of rotatable bonds is 3. The summed E-state index contributed by atoms with van der Waals surface area (Å²) in [4.78, 5) is 22.2. The molecule has 1 aliphatic rings. The van der Waals surface area contributed by atoms with Gasteiger partial charge in [-0.05, 0) is 36.1 Å². The monoisotopic (exact) mass is 340 g/mol. The lowest BCUT2D eigenvalue weighted by Crippen LogP contribution is -2.48. The third kappa shape index (κ3) is 2.95. The normalized spacial score (nSPS) is 16.0. The third-order valence-electron chi connectivity index (χ3n) is 4.48. The molecule has 1 amide bonds. The second-order valence-corrected chi connectivity index (χ2v) is 7.15. The van der Waals surface area contributed by atoms with Crippen molar-refractivity contribution in [3.8, 4) is 0 Å². The van der Waals surface area contributed by atoms with Crippen LogP contribution < -0.4 is 0 Å². The molecule has 4 rings (SSSR count). The summed E-state index contributed by atoms with van der Waals surface area (Å²) in [5.41, 5.74) is 3.34. The molecule has 5 nitrogen and oxygen atoms in total. The van der Waals surface area contributed by atoms with Gasteiger partial charge in [-0.25, -0.2) is 4.98 Å². The molecule has 24 heavy (non-hydrogen) atoms. The van der Waals surface area contributed by atoms with Crippen LogP contribution in [0.3, 0.4) is 0 Å². The number of hydrogen-bond donors (Lipinski definition) is 0. The van der Waals surface area contributed by atoms with Crippen LogP contribution >= 0.6 is 11.3 Å². The summed E-state index contributed by atoms with van der Waals surface area (Å²) in [6, 6.07) is 8.03. The molecular formula is C18H20N4OS. The zero-order valence-corrected chi connectivity index (χ0v) is 14.5. The second-order valence-electron chi connectivity index (χ2n) is 6.24. The smallest absolute Gasteiger partial charge is 0.264 e. The Labute approximate surface area is 145 Å². The van der Waals surface area contributed by atoms with Crippen LogP contribution in [0.1, 0.15) is 20.9 Å². The van der Waals surface area contributed by atoms with Crippen LogP contribution in [0.5, 0.6) is 0 Å². The van der Waals surface area contributed by atoms with Crippen LogP contribution in [0, 0.1) is 6.92 Å². The predicted octanol–water partition coefficient (Wildman–Crippen LogP) is 2.66. The van der Waals surface area contributed by atoms with Gasteiger partial charge in [0.15, 0.2) is 0 Å². The number of imidazole rings is 1. The summed E-state index contributed by atoms with van der Waals surface area (Å²) in [6.45, 7) is 6.26. The van der Waals surface area contributed by atoms with Gasteiger partial charge in [-0.3, -0.25) is 9.69 Å². The van der Waals surface area contributed by atoms with E-state index in [1.165, 1.54) is 5.69 Å². The predicted molar refractivity (Wildman–Crippen MR) is 95.4 cm³/mol. The van der Waals surface area contributed by atoms with Crippen molar-refractivity contribution in [3.05, 3.63) is 58.2 Å². The first-order valence-corrected chi connectivity index (χ1v) is 9.06. The lowest BCUT2D eigenvalue weighted by Gasteiger charge is -2.34.